The maximum absolute atomic E-state index is 14.0. The SMILES string of the molecule is Fc1ccc2c(c1)nc1c3ccccc3n3c4ccc(F)cc4nc3c3ccccc3n21. The number of halogens is 2. The van der Waals surface area contributed by atoms with Crippen LogP contribution in [0.3, 0.4) is 0 Å². The summed E-state index contributed by atoms with van der Waals surface area (Å²) >= 11 is 0. The van der Waals surface area contributed by atoms with Crippen LogP contribution in [0.1, 0.15) is 0 Å². The Morgan fingerprint density at radius 3 is 1.41 bits per heavy atom. The van der Waals surface area contributed by atoms with Crippen LogP contribution < -0.4 is 0 Å². The van der Waals surface area contributed by atoms with Gasteiger partial charge in [0, 0.05) is 22.9 Å². The number of aromatic nitrogens is 4. The molecule has 0 spiro atoms. The Morgan fingerprint density at radius 2 is 0.938 bits per heavy atom. The minimum atomic E-state index is -0.328. The summed E-state index contributed by atoms with van der Waals surface area (Å²) in [7, 11) is 0. The predicted octanol–water partition coefficient (Wildman–Crippen LogP) is 6.44. The molecule has 0 aliphatic rings. The third-order valence-corrected chi connectivity index (χ3v) is 6.00. The average Bonchev–Trinajstić information content (AvgIpc) is 3.35. The maximum atomic E-state index is 14.0. The Morgan fingerprint density at radius 1 is 0.500 bits per heavy atom. The van der Waals surface area contributed by atoms with Crippen molar-refractivity contribution in [2.75, 3.05) is 0 Å². The van der Waals surface area contributed by atoms with E-state index < -0.39 is 0 Å². The second-order valence-electron chi connectivity index (χ2n) is 7.84. The quantitative estimate of drug-likeness (QED) is 0.283. The van der Waals surface area contributed by atoms with Crippen LogP contribution in [0.4, 0.5) is 8.78 Å². The molecule has 3 heterocycles. The third kappa shape index (κ3) is 2.23. The van der Waals surface area contributed by atoms with Gasteiger partial charge < -0.3 is 0 Å². The van der Waals surface area contributed by atoms with Crippen molar-refractivity contribution in [2.45, 2.75) is 0 Å². The number of para-hydroxylation sites is 2. The number of fused-ring (bicyclic) bond motifs is 12. The largest absolute Gasteiger partial charge is 0.292 e. The molecule has 0 bridgehead atoms. The molecular formula is C26H14F2N4. The van der Waals surface area contributed by atoms with E-state index in [9.17, 15) is 8.78 Å². The van der Waals surface area contributed by atoms with Crippen molar-refractivity contribution in [2.24, 2.45) is 0 Å². The Labute approximate surface area is 179 Å². The number of hydrogen-bond donors (Lipinski definition) is 0. The third-order valence-electron chi connectivity index (χ3n) is 6.00. The van der Waals surface area contributed by atoms with Crippen LogP contribution >= 0.6 is 0 Å². The Balaban J connectivity index is 1.93. The van der Waals surface area contributed by atoms with Crippen molar-refractivity contribution < 1.29 is 8.78 Å². The standard InChI is InChI=1S/C26H14F2N4/c27-15-10-12-24-19(13-15)29-25-17-5-1-3-7-21(17)31-23-11-9-16(28)14-20(23)30-26(31)18-6-2-4-8-22(18)32(24)25/h1-14H. The lowest BCUT2D eigenvalue weighted by Crippen LogP contribution is -1.93. The van der Waals surface area contributed by atoms with Gasteiger partial charge >= 0.3 is 0 Å². The van der Waals surface area contributed by atoms with E-state index in [4.69, 9.17) is 9.97 Å². The average molecular weight is 420 g/mol. The highest BCUT2D eigenvalue weighted by Crippen LogP contribution is 2.31. The second-order valence-corrected chi connectivity index (χ2v) is 7.84. The van der Waals surface area contributed by atoms with Gasteiger partial charge in [-0.15, -0.1) is 0 Å². The first kappa shape index (κ1) is 17.4. The molecule has 3 aromatic heterocycles. The molecule has 152 valence electrons. The number of imidazole rings is 2. The molecule has 0 aliphatic heterocycles. The summed E-state index contributed by atoms with van der Waals surface area (Å²) in [4.78, 5) is 9.67. The van der Waals surface area contributed by atoms with Gasteiger partial charge in [-0.05, 0) is 48.5 Å². The molecule has 0 aliphatic carbocycles. The van der Waals surface area contributed by atoms with Gasteiger partial charge in [-0.25, -0.2) is 18.7 Å². The van der Waals surface area contributed by atoms with E-state index in [1.807, 2.05) is 57.3 Å². The van der Waals surface area contributed by atoms with Crippen molar-refractivity contribution in [1.82, 2.24) is 18.8 Å². The minimum absolute atomic E-state index is 0.328. The number of hydrogen-bond acceptors (Lipinski definition) is 2. The molecule has 0 radical (unpaired) electrons. The van der Waals surface area contributed by atoms with Crippen LogP contribution in [0.15, 0.2) is 84.9 Å². The van der Waals surface area contributed by atoms with E-state index in [0.29, 0.717) is 22.3 Å². The first-order valence-electron chi connectivity index (χ1n) is 10.2. The zero-order valence-corrected chi connectivity index (χ0v) is 16.6. The number of benzene rings is 4. The van der Waals surface area contributed by atoms with Gasteiger partial charge in [0.25, 0.3) is 0 Å². The van der Waals surface area contributed by atoms with Crippen LogP contribution in [0.5, 0.6) is 0 Å². The maximum Gasteiger partial charge on any atom is 0.147 e. The fourth-order valence-corrected chi connectivity index (χ4v) is 4.67. The van der Waals surface area contributed by atoms with Crippen molar-refractivity contribution in [3.05, 3.63) is 96.6 Å². The highest BCUT2D eigenvalue weighted by Gasteiger charge is 2.15. The highest BCUT2D eigenvalue weighted by atomic mass is 19.1. The summed E-state index contributed by atoms with van der Waals surface area (Å²) in [5, 5.41) is 1.76. The molecule has 0 saturated carbocycles. The highest BCUT2D eigenvalue weighted by molar-refractivity contribution is 6.06. The minimum Gasteiger partial charge on any atom is -0.292 e. The van der Waals surface area contributed by atoms with Gasteiger partial charge in [-0.3, -0.25) is 8.80 Å². The number of rotatable bonds is 0. The first-order chi connectivity index (χ1) is 15.7. The van der Waals surface area contributed by atoms with E-state index in [2.05, 4.69) is 0 Å². The van der Waals surface area contributed by atoms with Crippen molar-refractivity contribution in [3.8, 4) is 0 Å². The smallest absolute Gasteiger partial charge is 0.147 e. The van der Waals surface area contributed by atoms with Crippen LogP contribution in [0.2, 0.25) is 0 Å². The van der Waals surface area contributed by atoms with Gasteiger partial charge in [-0.2, -0.15) is 0 Å². The van der Waals surface area contributed by atoms with Gasteiger partial charge in [-0.1, -0.05) is 24.3 Å². The summed E-state index contributed by atoms with van der Waals surface area (Å²) in [5.41, 5.74) is 5.95. The molecule has 0 N–H and O–H groups in total. The molecule has 7 aromatic rings. The Hall–Kier alpha value is -4.32. The van der Waals surface area contributed by atoms with Crippen LogP contribution in [-0.4, -0.2) is 18.8 Å². The molecule has 0 saturated heterocycles. The summed E-state index contributed by atoms with van der Waals surface area (Å²) in [5.74, 6) is -0.655. The summed E-state index contributed by atoms with van der Waals surface area (Å²) < 4.78 is 32.2. The van der Waals surface area contributed by atoms with E-state index in [1.54, 1.807) is 12.1 Å². The van der Waals surface area contributed by atoms with E-state index in [0.717, 1.165) is 32.8 Å². The Bertz CT molecular complexity index is 1770. The molecule has 0 unspecified atom stereocenters. The van der Waals surface area contributed by atoms with Gasteiger partial charge in [0.15, 0.2) is 0 Å². The lowest BCUT2D eigenvalue weighted by molar-refractivity contribution is 0.629. The molecule has 0 atom stereocenters. The summed E-state index contributed by atoms with van der Waals surface area (Å²) in [6.07, 6.45) is 0. The molecule has 7 rings (SSSR count). The van der Waals surface area contributed by atoms with Crippen molar-refractivity contribution in [1.29, 1.82) is 0 Å². The molecule has 32 heavy (non-hydrogen) atoms. The van der Waals surface area contributed by atoms with Crippen molar-refractivity contribution >= 4 is 55.2 Å². The fraction of sp³-hybridized carbons (Fsp3) is 0. The topological polar surface area (TPSA) is 34.6 Å². The Kier molecular flexibility index (Phi) is 3.31. The van der Waals surface area contributed by atoms with Gasteiger partial charge in [0.2, 0.25) is 0 Å². The zero-order valence-electron chi connectivity index (χ0n) is 16.6. The first-order valence-corrected chi connectivity index (χ1v) is 10.2. The zero-order chi connectivity index (χ0) is 21.4. The summed E-state index contributed by atoms with van der Waals surface area (Å²) in [6, 6.07) is 25.1. The van der Waals surface area contributed by atoms with E-state index >= 15 is 0 Å². The molecule has 6 heteroatoms. The van der Waals surface area contributed by atoms with Crippen LogP contribution in [-0.2, 0) is 0 Å². The lowest BCUT2D eigenvalue weighted by Gasteiger charge is -2.07. The van der Waals surface area contributed by atoms with Crippen molar-refractivity contribution in [3.63, 3.8) is 0 Å². The number of nitrogens with zero attached hydrogens (tertiary/aromatic N) is 4. The van der Waals surface area contributed by atoms with Gasteiger partial charge in [0.05, 0.1) is 33.1 Å². The van der Waals surface area contributed by atoms with E-state index in [1.165, 1.54) is 24.3 Å². The molecule has 4 aromatic carbocycles. The fourth-order valence-electron chi connectivity index (χ4n) is 4.67. The predicted molar refractivity (Wildman–Crippen MR) is 123 cm³/mol. The summed E-state index contributed by atoms with van der Waals surface area (Å²) in [6.45, 7) is 0. The van der Waals surface area contributed by atoms with Gasteiger partial charge in [0.1, 0.15) is 22.9 Å². The van der Waals surface area contributed by atoms with Crippen LogP contribution in [0.25, 0.3) is 55.2 Å². The van der Waals surface area contributed by atoms with Crippen LogP contribution in [0, 0.1) is 11.6 Å². The van der Waals surface area contributed by atoms with E-state index in [-0.39, 0.29) is 11.6 Å². The second kappa shape index (κ2) is 6.11. The lowest BCUT2D eigenvalue weighted by atomic mass is 10.2. The monoisotopic (exact) mass is 420 g/mol. The molecular weight excluding hydrogens is 406 g/mol. The normalized spacial score (nSPS) is 12.1. The molecule has 0 fully saturated rings. The molecule has 0 amide bonds. The molecule has 4 nitrogen and oxygen atoms in total.